The molecular formula is C20H22N4O3S2. The van der Waals surface area contributed by atoms with Crippen LogP contribution in [-0.2, 0) is 14.3 Å². The molecule has 0 unspecified atom stereocenters. The van der Waals surface area contributed by atoms with Gasteiger partial charge in [0.05, 0.1) is 17.2 Å². The molecule has 0 spiro atoms. The minimum absolute atomic E-state index is 0.112. The molecule has 0 saturated heterocycles. The van der Waals surface area contributed by atoms with Crippen molar-refractivity contribution in [2.45, 2.75) is 24.9 Å². The van der Waals surface area contributed by atoms with Gasteiger partial charge in [-0.15, -0.1) is 21.5 Å². The minimum Gasteiger partial charge on any atom is -0.466 e. The van der Waals surface area contributed by atoms with E-state index in [1.165, 1.54) is 11.8 Å². The number of aromatic nitrogens is 3. The number of nitrogens with one attached hydrogen (secondary N) is 1. The van der Waals surface area contributed by atoms with Crippen LogP contribution >= 0.6 is 23.1 Å². The van der Waals surface area contributed by atoms with Crippen molar-refractivity contribution < 1.29 is 14.3 Å². The Morgan fingerprint density at radius 3 is 2.72 bits per heavy atom. The first-order valence-electron chi connectivity index (χ1n) is 9.29. The third kappa shape index (κ3) is 5.91. The molecule has 0 fully saturated rings. The van der Waals surface area contributed by atoms with Gasteiger partial charge in [0, 0.05) is 18.7 Å². The second-order valence-electron chi connectivity index (χ2n) is 6.00. The van der Waals surface area contributed by atoms with Crippen molar-refractivity contribution in [2.24, 2.45) is 0 Å². The van der Waals surface area contributed by atoms with Crippen molar-refractivity contribution in [1.29, 1.82) is 0 Å². The molecule has 0 aliphatic heterocycles. The number of carbonyl (C=O) groups excluding carboxylic acids is 2. The second kappa shape index (κ2) is 10.8. The van der Waals surface area contributed by atoms with Crippen LogP contribution in [0.15, 0.2) is 53.0 Å². The molecule has 0 radical (unpaired) electrons. The zero-order valence-corrected chi connectivity index (χ0v) is 17.7. The molecule has 0 aliphatic carbocycles. The fraction of sp³-hybridized carbons (Fsp3) is 0.300. The maximum Gasteiger partial charge on any atom is 0.305 e. The lowest BCUT2D eigenvalue weighted by molar-refractivity contribution is -0.143. The molecule has 3 aromatic rings. The lowest BCUT2D eigenvalue weighted by Crippen LogP contribution is -2.26. The molecule has 0 saturated carbocycles. The molecule has 2 aromatic heterocycles. The van der Waals surface area contributed by atoms with E-state index in [0.717, 1.165) is 16.4 Å². The van der Waals surface area contributed by atoms with Gasteiger partial charge in [0.15, 0.2) is 11.0 Å². The number of para-hydroxylation sites is 1. The maximum absolute atomic E-state index is 12.2. The van der Waals surface area contributed by atoms with Gasteiger partial charge >= 0.3 is 5.97 Å². The average Bonchev–Trinajstić information content (AvgIpc) is 3.40. The predicted molar refractivity (Wildman–Crippen MR) is 114 cm³/mol. The van der Waals surface area contributed by atoms with Crippen LogP contribution in [0.5, 0.6) is 0 Å². The number of nitrogens with zero attached hydrogens (tertiary/aromatic N) is 3. The van der Waals surface area contributed by atoms with Gasteiger partial charge in [0.2, 0.25) is 5.91 Å². The van der Waals surface area contributed by atoms with E-state index in [0.29, 0.717) is 31.1 Å². The molecule has 1 aromatic carbocycles. The zero-order chi connectivity index (χ0) is 20.5. The van der Waals surface area contributed by atoms with Crippen LogP contribution < -0.4 is 5.32 Å². The summed E-state index contributed by atoms with van der Waals surface area (Å²) in [7, 11) is 0. The largest absolute Gasteiger partial charge is 0.466 e. The van der Waals surface area contributed by atoms with E-state index in [1.807, 2.05) is 52.4 Å². The van der Waals surface area contributed by atoms with Crippen LogP contribution in [0.3, 0.4) is 0 Å². The highest BCUT2D eigenvalue weighted by Crippen LogP contribution is 2.30. The highest BCUT2D eigenvalue weighted by molar-refractivity contribution is 7.99. The number of amides is 1. The van der Waals surface area contributed by atoms with Crippen molar-refractivity contribution in [2.75, 3.05) is 18.9 Å². The molecule has 9 heteroatoms. The summed E-state index contributed by atoms with van der Waals surface area (Å²) < 4.78 is 6.83. The van der Waals surface area contributed by atoms with E-state index >= 15 is 0 Å². The highest BCUT2D eigenvalue weighted by atomic mass is 32.2. The van der Waals surface area contributed by atoms with Gasteiger partial charge in [-0.1, -0.05) is 36.0 Å². The SMILES string of the molecule is CCOC(=O)CCCNC(=O)CSc1nnc(-c2cccs2)n1-c1ccccc1. The first-order chi connectivity index (χ1) is 14.2. The van der Waals surface area contributed by atoms with Crippen LogP contribution in [-0.4, -0.2) is 45.5 Å². The summed E-state index contributed by atoms with van der Waals surface area (Å²) in [5.41, 5.74) is 0.943. The standard InChI is InChI=1S/C20H22N4O3S2/c1-2-27-18(26)11-6-12-21-17(25)14-29-20-23-22-19(16-10-7-13-28-16)24(20)15-8-4-3-5-9-15/h3-5,7-10,13H,2,6,11-12,14H2,1H3,(H,21,25). The highest BCUT2D eigenvalue weighted by Gasteiger charge is 2.17. The summed E-state index contributed by atoms with van der Waals surface area (Å²) in [5.74, 6) is 0.616. The van der Waals surface area contributed by atoms with E-state index in [2.05, 4.69) is 15.5 Å². The number of ether oxygens (including phenoxy) is 1. The molecule has 1 N–H and O–H groups in total. The van der Waals surface area contributed by atoms with Crippen LogP contribution in [0.2, 0.25) is 0 Å². The number of hydrogen-bond acceptors (Lipinski definition) is 7. The van der Waals surface area contributed by atoms with Gasteiger partial charge in [-0.2, -0.15) is 0 Å². The fourth-order valence-corrected chi connectivity index (χ4v) is 4.09. The van der Waals surface area contributed by atoms with E-state index in [9.17, 15) is 9.59 Å². The number of benzene rings is 1. The van der Waals surface area contributed by atoms with E-state index < -0.39 is 0 Å². The smallest absolute Gasteiger partial charge is 0.305 e. The molecule has 152 valence electrons. The Hall–Kier alpha value is -2.65. The number of thiophene rings is 1. The van der Waals surface area contributed by atoms with Crippen molar-refractivity contribution in [1.82, 2.24) is 20.1 Å². The predicted octanol–water partition coefficient (Wildman–Crippen LogP) is 3.55. The van der Waals surface area contributed by atoms with E-state index in [-0.39, 0.29) is 17.6 Å². The fourth-order valence-electron chi connectivity index (χ4n) is 2.61. The quantitative estimate of drug-likeness (QED) is 0.301. The Morgan fingerprint density at radius 1 is 1.17 bits per heavy atom. The Morgan fingerprint density at radius 2 is 2.00 bits per heavy atom. The number of thioether (sulfide) groups is 1. The minimum atomic E-state index is -0.242. The topological polar surface area (TPSA) is 86.1 Å². The van der Waals surface area contributed by atoms with Gasteiger partial charge < -0.3 is 10.1 Å². The normalized spacial score (nSPS) is 10.7. The first kappa shape index (κ1) is 21.1. The molecule has 29 heavy (non-hydrogen) atoms. The monoisotopic (exact) mass is 430 g/mol. The third-order valence-electron chi connectivity index (χ3n) is 3.91. The van der Waals surface area contributed by atoms with E-state index in [1.54, 1.807) is 18.3 Å². The zero-order valence-electron chi connectivity index (χ0n) is 16.0. The van der Waals surface area contributed by atoms with Crippen LogP contribution in [0.25, 0.3) is 16.4 Å². The Kier molecular flexibility index (Phi) is 7.83. The molecule has 0 atom stereocenters. The summed E-state index contributed by atoms with van der Waals surface area (Å²) >= 11 is 2.92. The molecular weight excluding hydrogens is 408 g/mol. The van der Waals surface area contributed by atoms with Gasteiger partial charge in [0.1, 0.15) is 0 Å². The number of hydrogen-bond donors (Lipinski definition) is 1. The van der Waals surface area contributed by atoms with Gasteiger partial charge in [-0.3, -0.25) is 14.2 Å². The average molecular weight is 431 g/mol. The summed E-state index contributed by atoms with van der Waals surface area (Å²) in [6, 6.07) is 13.8. The maximum atomic E-state index is 12.2. The molecule has 2 heterocycles. The van der Waals surface area contributed by atoms with Crippen molar-refractivity contribution in [3.63, 3.8) is 0 Å². The summed E-state index contributed by atoms with van der Waals surface area (Å²) in [6.45, 7) is 2.58. The Labute approximate surface area is 177 Å². The summed E-state index contributed by atoms with van der Waals surface area (Å²) in [5, 5.41) is 14.1. The van der Waals surface area contributed by atoms with Gasteiger partial charge in [-0.25, -0.2) is 0 Å². The summed E-state index contributed by atoms with van der Waals surface area (Å²) in [6.07, 6.45) is 0.853. The third-order valence-corrected chi connectivity index (χ3v) is 5.70. The van der Waals surface area contributed by atoms with Gasteiger partial charge in [0.25, 0.3) is 0 Å². The van der Waals surface area contributed by atoms with Crippen LogP contribution in [0, 0.1) is 0 Å². The molecule has 0 aliphatic rings. The first-order valence-corrected chi connectivity index (χ1v) is 11.2. The molecule has 3 rings (SSSR count). The number of rotatable bonds is 10. The molecule has 0 bridgehead atoms. The van der Waals surface area contributed by atoms with Crippen LogP contribution in [0.1, 0.15) is 19.8 Å². The van der Waals surface area contributed by atoms with Crippen LogP contribution in [0.4, 0.5) is 0 Å². The Balaban J connectivity index is 1.61. The molecule has 1 amide bonds. The number of esters is 1. The van der Waals surface area contributed by atoms with Crippen molar-refractivity contribution >= 4 is 35.0 Å². The summed E-state index contributed by atoms with van der Waals surface area (Å²) in [4.78, 5) is 24.5. The Bertz CT molecular complexity index is 927. The van der Waals surface area contributed by atoms with E-state index in [4.69, 9.17) is 4.74 Å². The lowest BCUT2D eigenvalue weighted by Gasteiger charge is -2.09. The van der Waals surface area contributed by atoms with Crippen molar-refractivity contribution in [3.8, 4) is 16.4 Å². The van der Waals surface area contributed by atoms with Gasteiger partial charge in [-0.05, 0) is 36.9 Å². The van der Waals surface area contributed by atoms with Crippen molar-refractivity contribution in [3.05, 3.63) is 47.8 Å². The second-order valence-corrected chi connectivity index (χ2v) is 7.89. The lowest BCUT2D eigenvalue weighted by atomic mass is 10.3. The molecule has 7 nitrogen and oxygen atoms in total. The number of carbonyl (C=O) groups is 2.